The first-order chi connectivity index (χ1) is 7.18. The minimum Gasteiger partial charge on any atom is -0.323 e. The van der Waals surface area contributed by atoms with E-state index in [9.17, 15) is 0 Å². The average molecular weight is 201 g/mol. The fourth-order valence-corrected chi connectivity index (χ4v) is 1.62. The van der Waals surface area contributed by atoms with Gasteiger partial charge in [-0.25, -0.2) is 4.68 Å². The van der Waals surface area contributed by atoms with Crippen LogP contribution in [-0.2, 0) is 0 Å². The molecule has 3 heteroatoms. The Labute approximate surface area is 89.5 Å². The van der Waals surface area contributed by atoms with Crippen LogP contribution in [0.3, 0.4) is 0 Å². The van der Waals surface area contributed by atoms with Crippen molar-refractivity contribution in [2.75, 3.05) is 0 Å². The van der Waals surface area contributed by atoms with Crippen LogP contribution in [0.15, 0.2) is 36.4 Å². The Bertz CT molecular complexity index is 443. The highest BCUT2D eigenvalue weighted by atomic mass is 15.3. The Morgan fingerprint density at radius 2 is 1.93 bits per heavy atom. The molecule has 0 aliphatic heterocycles. The van der Waals surface area contributed by atoms with Gasteiger partial charge in [-0.3, -0.25) is 0 Å². The maximum Gasteiger partial charge on any atom is 0.0649 e. The molecule has 2 aromatic rings. The minimum atomic E-state index is -0.00796. The normalized spacial score (nSPS) is 12.7. The molecule has 0 unspecified atom stereocenters. The first kappa shape index (κ1) is 9.93. The summed E-state index contributed by atoms with van der Waals surface area (Å²) >= 11 is 0. The second kappa shape index (κ2) is 3.87. The van der Waals surface area contributed by atoms with Gasteiger partial charge in [0.25, 0.3) is 0 Å². The zero-order valence-electron chi connectivity index (χ0n) is 9.01. The van der Waals surface area contributed by atoms with Crippen molar-refractivity contribution in [3.63, 3.8) is 0 Å². The predicted octanol–water partition coefficient (Wildman–Crippen LogP) is 2.20. The number of hydrogen-bond acceptors (Lipinski definition) is 2. The van der Waals surface area contributed by atoms with Gasteiger partial charge >= 0.3 is 0 Å². The van der Waals surface area contributed by atoms with Crippen molar-refractivity contribution in [3.05, 3.63) is 47.8 Å². The third-order valence-corrected chi connectivity index (χ3v) is 2.33. The number of hydrogen-bond donors (Lipinski definition) is 1. The van der Waals surface area contributed by atoms with Crippen molar-refractivity contribution >= 4 is 0 Å². The molecule has 0 spiro atoms. The molecule has 1 heterocycles. The minimum absolute atomic E-state index is 0.00796. The van der Waals surface area contributed by atoms with Crippen LogP contribution in [0.25, 0.3) is 5.69 Å². The topological polar surface area (TPSA) is 43.8 Å². The molecule has 0 aliphatic carbocycles. The lowest BCUT2D eigenvalue weighted by molar-refractivity contribution is 0.708. The first-order valence-corrected chi connectivity index (χ1v) is 5.06. The van der Waals surface area contributed by atoms with E-state index in [-0.39, 0.29) is 6.04 Å². The van der Waals surface area contributed by atoms with Crippen LogP contribution in [0.4, 0.5) is 0 Å². The summed E-state index contributed by atoms with van der Waals surface area (Å²) in [4.78, 5) is 0. The van der Waals surface area contributed by atoms with E-state index >= 15 is 0 Å². The Balaban J connectivity index is 2.53. The van der Waals surface area contributed by atoms with Crippen LogP contribution in [-0.4, -0.2) is 9.78 Å². The van der Waals surface area contributed by atoms with Gasteiger partial charge < -0.3 is 5.73 Å². The molecule has 0 radical (unpaired) electrons. The lowest BCUT2D eigenvalue weighted by Crippen LogP contribution is -2.11. The van der Waals surface area contributed by atoms with Crippen molar-refractivity contribution < 1.29 is 0 Å². The number of benzene rings is 1. The molecule has 1 aromatic heterocycles. The lowest BCUT2D eigenvalue weighted by atomic mass is 10.2. The molecule has 78 valence electrons. The molecule has 0 saturated carbocycles. The van der Waals surface area contributed by atoms with Gasteiger partial charge in [-0.2, -0.15) is 5.10 Å². The number of aryl methyl sites for hydroxylation is 1. The first-order valence-electron chi connectivity index (χ1n) is 5.06. The van der Waals surface area contributed by atoms with E-state index in [4.69, 9.17) is 5.73 Å². The number of para-hydroxylation sites is 1. The summed E-state index contributed by atoms with van der Waals surface area (Å²) in [6.07, 6.45) is 0. The van der Waals surface area contributed by atoms with E-state index in [0.717, 1.165) is 17.1 Å². The molecule has 0 fully saturated rings. The van der Waals surface area contributed by atoms with Gasteiger partial charge in [-0.05, 0) is 32.0 Å². The van der Waals surface area contributed by atoms with Crippen molar-refractivity contribution in [3.8, 4) is 5.69 Å². The van der Waals surface area contributed by atoms with Crippen molar-refractivity contribution in [2.45, 2.75) is 19.9 Å². The van der Waals surface area contributed by atoms with Crippen LogP contribution in [0.1, 0.15) is 24.4 Å². The van der Waals surface area contributed by atoms with Gasteiger partial charge in [-0.15, -0.1) is 0 Å². The largest absolute Gasteiger partial charge is 0.323 e. The average Bonchev–Trinajstić information content (AvgIpc) is 2.62. The van der Waals surface area contributed by atoms with Crippen molar-refractivity contribution in [1.82, 2.24) is 9.78 Å². The molecule has 3 nitrogen and oxygen atoms in total. The second-order valence-electron chi connectivity index (χ2n) is 3.75. The highest BCUT2D eigenvalue weighted by Gasteiger charge is 2.10. The fraction of sp³-hybridized carbons (Fsp3) is 0.250. The molecule has 1 atom stereocenters. The van der Waals surface area contributed by atoms with E-state index in [1.165, 1.54) is 0 Å². The molecule has 15 heavy (non-hydrogen) atoms. The van der Waals surface area contributed by atoms with Crippen LogP contribution in [0, 0.1) is 6.92 Å². The third-order valence-electron chi connectivity index (χ3n) is 2.33. The highest BCUT2D eigenvalue weighted by Crippen LogP contribution is 2.16. The van der Waals surface area contributed by atoms with E-state index in [2.05, 4.69) is 5.10 Å². The SMILES string of the molecule is Cc1cc([C@H](C)N)n(-c2ccccc2)n1. The molecular formula is C12H15N3. The summed E-state index contributed by atoms with van der Waals surface area (Å²) in [7, 11) is 0. The van der Waals surface area contributed by atoms with Gasteiger partial charge in [0.05, 0.1) is 17.1 Å². The number of nitrogens with two attached hydrogens (primary N) is 1. The second-order valence-corrected chi connectivity index (χ2v) is 3.75. The van der Waals surface area contributed by atoms with Gasteiger partial charge in [-0.1, -0.05) is 18.2 Å². The van der Waals surface area contributed by atoms with Gasteiger partial charge in [0.2, 0.25) is 0 Å². The van der Waals surface area contributed by atoms with E-state index in [0.29, 0.717) is 0 Å². The summed E-state index contributed by atoms with van der Waals surface area (Å²) in [6, 6.07) is 12.1. The van der Waals surface area contributed by atoms with Gasteiger partial charge in [0.15, 0.2) is 0 Å². The van der Waals surface area contributed by atoms with E-state index < -0.39 is 0 Å². The molecular weight excluding hydrogens is 186 g/mol. The standard InChI is InChI=1S/C12H15N3/c1-9-8-12(10(2)13)15(14-9)11-6-4-3-5-7-11/h3-8,10H,13H2,1-2H3/t10-/m0/s1. The van der Waals surface area contributed by atoms with Gasteiger partial charge in [0.1, 0.15) is 0 Å². The molecule has 0 aliphatic rings. The maximum absolute atomic E-state index is 5.90. The monoisotopic (exact) mass is 201 g/mol. The van der Waals surface area contributed by atoms with Crippen LogP contribution in [0.5, 0.6) is 0 Å². The number of aromatic nitrogens is 2. The Hall–Kier alpha value is -1.61. The number of rotatable bonds is 2. The molecule has 0 bridgehead atoms. The molecule has 0 amide bonds. The van der Waals surface area contributed by atoms with E-state index in [1.807, 2.05) is 54.9 Å². The third kappa shape index (κ3) is 1.92. The predicted molar refractivity (Wildman–Crippen MR) is 60.9 cm³/mol. The lowest BCUT2D eigenvalue weighted by Gasteiger charge is -2.09. The number of nitrogens with zero attached hydrogens (tertiary/aromatic N) is 2. The Morgan fingerprint density at radius 1 is 1.27 bits per heavy atom. The zero-order chi connectivity index (χ0) is 10.8. The van der Waals surface area contributed by atoms with Crippen molar-refractivity contribution in [1.29, 1.82) is 0 Å². The fourth-order valence-electron chi connectivity index (χ4n) is 1.62. The molecule has 2 N–H and O–H groups in total. The summed E-state index contributed by atoms with van der Waals surface area (Å²) in [5.41, 5.74) is 8.99. The van der Waals surface area contributed by atoms with Crippen LogP contribution in [0.2, 0.25) is 0 Å². The molecule has 0 saturated heterocycles. The Kier molecular flexibility index (Phi) is 2.56. The van der Waals surface area contributed by atoms with Crippen LogP contribution >= 0.6 is 0 Å². The summed E-state index contributed by atoms with van der Waals surface area (Å²) in [5.74, 6) is 0. The molecule has 1 aromatic carbocycles. The Morgan fingerprint density at radius 3 is 2.53 bits per heavy atom. The summed E-state index contributed by atoms with van der Waals surface area (Å²) in [6.45, 7) is 3.95. The summed E-state index contributed by atoms with van der Waals surface area (Å²) in [5, 5.41) is 4.44. The molecule has 2 rings (SSSR count). The highest BCUT2D eigenvalue weighted by molar-refractivity contribution is 5.34. The maximum atomic E-state index is 5.90. The van der Waals surface area contributed by atoms with Gasteiger partial charge in [0, 0.05) is 6.04 Å². The smallest absolute Gasteiger partial charge is 0.0649 e. The van der Waals surface area contributed by atoms with Crippen molar-refractivity contribution in [2.24, 2.45) is 5.73 Å². The zero-order valence-corrected chi connectivity index (χ0v) is 9.01. The quantitative estimate of drug-likeness (QED) is 0.809. The summed E-state index contributed by atoms with van der Waals surface area (Å²) < 4.78 is 1.90. The van der Waals surface area contributed by atoms with Crippen LogP contribution < -0.4 is 5.73 Å². The van der Waals surface area contributed by atoms with E-state index in [1.54, 1.807) is 0 Å².